The molecule has 0 amide bonds. The molecule has 0 unspecified atom stereocenters. The number of nitrogens with two attached hydrogens (primary N) is 1. The molecule has 0 radical (unpaired) electrons. The van der Waals surface area contributed by atoms with Crippen LogP contribution in [0.1, 0.15) is 11.1 Å². The normalized spacial score (nSPS) is 11.8. The maximum Gasteiger partial charge on any atom is 0.416 e. The number of nitrogen functional groups attached to an aromatic ring is 1. The number of benzene rings is 1. The second-order valence-corrected chi connectivity index (χ2v) is 3.69. The molecule has 17 heavy (non-hydrogen) atoms. The van der Waals surface area contributed by atoms with E-state index in [0.717, 1.165) is 12.1 Å². The summed E-state index contributed by atoms with van der Waals surface area (Å²) < 4.78 is 37.6. The van der Waals surface area contributed by atoms with Gasteiger partial charge in [-0.1, -0.05) is 12.1 Å². The number of nitrogens with zero attached hydrogens (tertiary/aromatic N) is 1. The lowest BCUT2D eigenvalue weighted by Gasteiger charge is -2.08. The molecule has 0 saturated carbocycles. The summed E-state index contributed by atoms with van der Waals surface area (Å²) in [6, 6.07) is 5.03. The van der Waals surface area contributed by atoms with Crippen LogP contribution in [0.25, 0.3) is 11.3 Å². The van der Waals surface area contributed by atoms with E-state index in [2.05, 4.69) is 10.2 Å². The molecule has 0 fully saturated rings. The summed E-state index contributed by atoms with van der Waals surface area (Å²) in [7, 11) is 0. The van der Waals surface area contributed by atoms with Gasteiger partial charge in [0.15, 0.2) is 0 Å². The zero-order valence-electron chi connectivity index (χ0n) is 8.97. The first-order valence-corrected chi connectivity index (χ1v) is 4.87. The van der Waals surface area contributed by atoms with Crippen LogP contribution in [0.15, 0.2) is 24.3 Å². The van der Waals surface area contributed by atoms with Crippen molar-refractivity contribution in [2.45, 2.75) is 13.1 Å². The lowest BCUT2D eigenvalue weighted by Crippen LogP contribution is -2.04. The molecule has 0 aliphatic rings. The second-order valence-electron chi connectivity index (χ2n) is 3.69. The Hall–Kier alpha value is -1.98. The number of hydrogen-bond donors (Lipinski definition) is 2. The molecule has 6 heteroatoms. The Morgan fingerprint density at radius 1 is 1.29 bits per heavy atom. The summed E-state index contributed by atoms with van der Waals surface area (Å²) in [5.74, 6) is 0.289. The van der Waals surface area contributed by atoms with Crippen molar-refractivity contribution in [3.8, 4) is 11.3 Å². The van der Waals surface area contributed by atoms with Crippen molar-refractivity contribution in [2.75, 3.05) is 5.73 Å². The molecule has 0 bridgehead atoms. The van der Waals surface area contributed by atoms with Gasteiger partial charge < -0.3 is 5.73 Å². The van der Waals surface area contributed by atoms with Crippen molar-refractivity contribution in [1.82, 2.24) is 10.2 Å². The van der Waals surface area contributed by atoms with Gasteiger partial charge >= 0.3 is 6.18 Å². The van der Waals surface area contributed by atoms with E-state index in [1.807, 2.05) is 0 Å². The molecule has 0 aliphatic carbocycles. The maximum absolute atomic E-state index is 12.5. The van der Waals surface area contributed by atoms with Gasteiger partial charge in [0.1, 0.15) is 5.82 Å². The summed E-state index contributed by atoms with van der Waals surface area (Å²) in [6.07, 6.45) is -4.35. The molecule has 0 atom stereocenters. The molecule has 0 spiro atoms. The summed E-state index contributed by atoms with van der Waals surface area (Å²) in [5.41, 5.74) is 6.41. The third-order valence-corrected chi connectivity index (χ3v) is 2.53. The number of aromatic amines is 1. The van der Waals surface area contributed by atoms with Gasteiger partial charge in [0, 0.05) is 11.1 Å². The Bertz CT molecular complexity index is 543. The summed E-state index contributed by atoms with van der Waals surface area (Å²) in [6.45, 7) is 1.70. The molecule has 0 saturated heterocycles. The van der Waals surface area contributed by atoms with Gasteiger partial charge in [0.2, 0.25) is 0 Å². The first-order valence-electron chi connectivity index (χ1n) is 4.87. The van der Waals surface area contributed by atoms with E-state index in [0.29, 0.717) is 16.8 Å². The minimum Gasteiger partial charge on any atom is -0.382 e. The Balaban J connectivity index is 2.51. The Morgan fingerprint density at radius 2 is 2.00 bits per heavy atom. The molecule has 3 N–H and O–H groups in total. The molecular formula is C11H10F3N3. The van der Waals surface area contributed by atoms with Crippen molar-refractivity contribution >= 4 is 5.82 Å². The van der Waals surface area contributed by atoms with Crippen molar-refractivity contribution in [1.29, 1.82) is 0 Å². The maximum atomic E-state index is 12.5. The molecule has 2 rings (SSSR count). The van der Waals surface area contributed by atoms with E-state index >= 15 is 0 Å². The van der Waals surface area contributed by atoms with Crippen LogP contribution in [0.3, 0.4) is 0 Å². The van der Waals surface area contributed by atoms with E-state index in [-0.39, 0.29) is 5.82 Å². The quantitative estimate of drug-likeness (QED) is 0.806. The number of anilines is 1. The van der Waals surface area contributed by atoms with Gasteiger partial charge in [-0.2, -0.15) is 18.3 Å². The highest BCUT2D eigenvalue weighted by Gasteiger charge is 2.30. The Morgan fingerprint density at radius 3 is 2.53 bits per heavy atom. The van der Waals surface area contributed by atoms with Crippen LogP contribution in [-0.4, -0.2) is 10.2 Å². The van der Waals surface area contributed by atoms with Gasteiger partial charge in [-0.05, 0) is 19.1 Å². The van der Waals surface area contributed by atoms with Crippen LogP contribution in [-0.2, 0) is 6.18 Å². The van der Waals surface area contributed by atoms with Crippen LogP contribution < -0.4 is 5.73 Å². The molecule has 3 nitrogen and oxygen atoms in total. The van der Waals surface area contributed by atoms with Gasteiger partial charge in [-0.25, -0.2) is 0 Å². The molecule has 0 aliphatic heterocycles. The number of aromatic nitrogens is 2. The van der Waals surface area contributed by atoms with E-state index in [1.165, 1.54) is 6.07 Å². The van der Waals surface area contributed by atoms with Gasteiger partial charge in [-0.15, -0.1) is 0 Å². The standard InChI is InChI=1S/C11H10F3N3/c1-6-9(16-17-10(6)15)7-3-2-4-8(5-7)11(12,13)14/h2-5H,1H3,(H3,15,16,17). The van der Waals surface area contributed by atoms with Crippen LogP contribution in [0.2, 0.25) is 0 Å². The van der Waals surface area contributed by atoms with E-state index in [9.17, 15) is 13.2 Å². The molecular weight excluding hydrogens is 231 g/mol. The predicted molar refractivity (Wildman–Crippen MR) is 58.2 cm³/mol. The van der Waals surface area contributed by atoms with E-state index < -0.39 is 11.7 Å². The highest BCUT2D eigenvalue weighted by atomic mass is 19.4. The van der Waals surface area contributed by atoms with Crippen LogP contribution >= 0.6 is 0 Å². The van der Waals surface area contributed by atoms with Crippen LogP contribution in [0.5, 0.6) is 0 Å². The highest BCUT2D eigenvalue weighted by Crippen LogP contribution is 2.32. The number of hydrogen-bond acceptors (Lipinski definition) is 2. The third-order valence-electron chi connectivity index (χ3n) is 2.53. The topological polar surface area (TPSA) is 54.7 Å². The Labute approximate surface area is 95.5 Å². The molecule has 90 valence electrons. The molecule has 1 aromatic carbocycles. The molecule has 1 aromatic heterocycles. The average molecular weight is 241 g/mol. The summed E-state index contributed by atoms with van der Waals surface area (Å²) in [5, 5.41) is 6.38. The number of halogens is 3. The predicted octanol–water partition coefficient (Wildman–Crippen LogP) is 2.99. The largest absolute Gasteiger partial charge is 0.416 e. The zero-order valence-corrected chi connectivity index (χ0v) is 8.97. The first-order chi connectivity index (χ1) is 7.89. The van der Waals surface area contributed by atoms with Gasteiger partial charge in [-0.3, -0.25) is 5.10 Å². The highest BCUT2D eigenvalue weighted by molar-refractivity contribution is 5.68. The van der Waals surface area contributed by atoms with Crippen molar-refractivity contribution in [3.63, 3.8) is 0 Å². The zero-order chi connectivity index (χ0) is 12.6. The van der Waals surface area contributed by atoms with Gasteiger partial charge in [0.25, 0.3) is 0 Å². The number of nitrogens with one attached hydrogen (secondary N) is 1. The van der Waals surface area contributed by atoms with Crippen LogP contribution in [0.4, 0.5) is 19.0 Å². The number of H-pyrrole nitrogens is 1. The second kappa shape index (κ2) is 3.80. The summed E-state index contributed by atoms with van der Waals surface area (Å²) >= 11 is 0. The molecule has 1 heterocycles. The summed E-state index contributed by atoms with van der Waals surface area (Å²) in [4.78, 5) is 0. The Kier molecular flexibility index (Phi) is 2.57. The monoisotopic (exact) mass is 241 g/mol. The first kappa shape index (κ1) is 11.5. The van der Waals surface area contributed by atoms with Crippen LogP contribution in [0, 0.1) is 6.92 Å². The SMILES string of the molecule is Cc1c(N)n[nH]c1-c1cccc(C(F)(F)F)c1. The van der Waals surface area contributed by atoms with E-state index in [4.69, 9.17) is 5.73 Å². The van der Waals surface area contributed by atoms with Gasteiger partial charge in [0.05, 0.1) is 11.3 Å². The lowest BCUT2D eigenvalue weighted by molar-refractivity contribution is -0.137. The van der Waals surface area contributed by atoms with E-state index in [1.54, 1.807) is 13.0 Å². The third kappa shape index (κ3) is 2.11. The minimum absolute atomic E-state index is 0.289. The fourth-order valence-corrected chi connectivity index (χ4v) is 1.54. The van der Waals surface area contributed by atoms with Crippen molar-refractivity contribution < 1.29 is 13.2 Å². The fourth-order valence-electron chi connectivity index (χ4n) is 1.54. The number of alkyl halides is 3. The van der Waals surface area contributed by atoms with Crippen molar-refractivity contribution in [2.24, 2.45) is 0 Å². The number of rotatable bonds is 1. The van der Waals surface area contributed by atoms with Crippen molar-refractivity contribution in [3.05, 3.63) is 35.4 Å². The molecule has 2 aromatic rings. The lowest BCUT2D eigenvalue weighted by atomic mass is 10.1. The fraction of sp³-hybridized carbons (Fsp3) is 0.182. The average Bonchev–Trinajstić information content (AvgIpc) is 2.59. The smallest absolute Gasteiger partial charge is 0.382 e. The minimum atomic E-state index is -4.35.